The zero-order chi connectivity index (χ0) is 22.1. The molecule has 31 heavy (non-hydrogen) atoms. The summed E-state index contributed by atoms with van der Waals surface area (Å²) in [7, 11) is 3.73. The van der Waals surface area contributed by atoms with Crippen molar-refractivity contribution in [3.63, 3.8) is 0 Å². The van der Waals surface area contributed by atoms with Crippen molar-refractivity contribution in [2.75, 3.05) is 53.0 Å². The molecule has 0 aliphatic carbocycles. The molecule has 1 unspecified atom stereocenters. The molecule has 0 saturated carbocycles. The van der Waals surface area contributed by atoms with Crippen LogP contribution in [0.25, 0.3) is 0 Å². The average Bonchev–Trinajstić information content (AvgIpc) is 3.38. The molecule has 0 spiro atoms. The molecule has 3 heterocycles. The van der Waals surface area contributed by atoms with E-state index in [9.17, 15) is 0 Å². The van der Waals surface area contributed by atoms with Crippen molar-refractivity contribution in [2.45, 2.75) is 64.6 Å². The van der Waals surface area contributed by atoms with Gasteiger partial charge >= 0.3 is 0 Å². The Kier molecular flexibility index (Phi) is 9.54. The van der Waals surface area contributed by atoms with Gasteiger partial charge in [0.1, 0.15) is 12.4 Å². The lowest BCUT2D eigenvalue weighted by atomic mass is 10.1. The van der Waals surface area contributed by atoms with E-state index in [1.807, 2.05) is 18.5 Å². The molecule has 9 nitrogen and oxygen atoms in total. The highest BCUT2D eigenvalue weighted by Crippen LogP contribution is 2.17. The van der Waals surface area contributed by atoms with Crippen LogP contribution >= 0.6 is 0 Å². The monoisotopic (exact) mass is 435 g/mol. The maximum absolute atomic E-state index is 6.04. The molecule has 3 rings (SSSR count). The Labute approximate surface area is 187 Å². The number of rotatable bonds is 10. The number of guanidine groups is 1. The summed E-state index contributed by atoms with van der Waals surface area (Å²) < 4.78 is 13.2. The Morgan fingerprint density at radius 3 is 2.65 bits per heavy atom. The number of hydrogen-bond acceptors (Lipinski definition) is 6. The zero-order valence-electron chi connectivity index (χ0n) is 19.8. The minimum atomic E-state index is 0.334. The molecule has 176 valence electrons. The molecular weight excluding hydrogens is 394 g/mol. The Morgan fingerprint density at radius 1 is 1.16 bits per heavy atom. The normalized spacial score (nSPS) is 21.2. The molecule has 0 amide bonds. The average molecular weight is 436 g/mol. The van der Waals surface area contributed by atoms with E-state index in [-0.39, 0.29) is 0 Å². The van der Waals surface area contributed by atoms with E-state index in [4.69, 9.17) is 14.5 Å². The van der Waals surface area contributed by atoms with Gasteiger partial charge in [-0.2, -0.15) is 0 Å². The number of aryl methyl sites for hydroxylation is 1. The summed E-state index contributed by atoms with van der Waals surface area (Å²) in [6.07, 6.45) is 5.89. The van der Waals surface area contributed by atoms with Crippen molar-refractivity contribution in [3.05, 3.63) is 11.6 Å². The van der Waals surface area contributed by atoms with Crippen LogP contribution in [-0.4, -0.2) is 95.7 Å². The molecular formula is C22H41N7O2. The van der Waals surface area contributed by atoms with Crippen molar-refractivity contribution in [1.82, 2.24) is 29.9 Å². The smallest absolute Gasteiger partial charge is 0.194 e. The van der Waals surface area contributed by atoms with Crippen molar-refractivity contribution in [3.8, 4) is 0 Å². The van der Waals surface area contributed by atoms with Crippen LogP contribution in [0.5, 0.6) is 0 Å². The van der Waals surface area contributed by atoms with Gasteiger partial charge in [0.05, 0.1) is 6.10 Å². The molecule has 1 aromatic rings. The largest absolute Gasteiger partial charge is 0.385 e. The zero-order valence-corrected chi connectivity index (χ0v) is 19.8. The van der Waals surface area contributed by atoms with E-state index in [0.29, 0.717) is 18.7 Å². The third-order valence-corrected chi connectivity index (χ3v) is 6.54. The number of piperidine rings is 1. The number of methoxy groups -OCH3 is 1. The molecule has 2 aliphatic heterocycles. The summed E-state index contributed by atoms with van der Waals surface area (Å²) in [6.45, 7) is 11.5. The van der Waals surface area contributed by atoms with Crippen LogP contribution in [0.2, 0.25) is 0 Å². The van der Waals surface area contributed by atoms with Crippen LogP contribution < -0.4 is 5.32 Å². The second-order valence-corrected chi connectivity index (χ2v) is 8.57. The summed E-state index contributed by atoms with van der Waals surface area (Å²) in [5, 5.41) is 12.1. The van der Waals surface area contributed by atoms with Crippen LogP contribution in [0.1, 0.15) is 50.7 Å². The van der Waals surface area contributed by atoms with E-state index >= 15 is 0 Å². The maximum Gasteiger partial charge on any atom is 0.194 e. The molecule has 1 atom stereocenters. The third-order valence-electron chi connectivity index (χ3n) is 6.54. The molecule has 0 radical (unpaired) electrons. The summed E-state index contributed by atoms with van der Waals surface area (Å²) >= 11 is 0. The van der Waals surface area contributed by atoms with Gasteiger partial charge in [-0.1, -0.05) is 6.92 Å². The number of nitrogens with one attached hydrogen (secondary N) is 1. The third kappa shape index (κ3) is 6.89. The van der Waals surface area contributed by atoms with E-state index in [1.54, 1.807) is 7.11 Å². The van der Waals surface area contributed by atoms with E-state index in [2.05, 4.69) is 32.2 Å². The van der Waals surface area contributed by atoms with Gasteiger partial charge in [-0.3, -0.25) is 4.90 Å². The quantitative estimate of drug-likeness (QED) is 0.339. The first-order valence-electron chi connectivity index (χ1n) is 11.8. The van der Waals surface area contributed by atoms with Crippen LogP contribution in [0.4, 0.5) is 0 Å². The number of nitrogens with zero attached hydrogens (tertiary/aromatic N) is 6. The molecule has 2 saturated heterocycles. The van der Waals surface area contributed by atoms with Crippen molar-refractivity contribution < 1.29 is 9.47 Å². The molecule has 9 heteroatoms. The van der Waals surface area contributed by atoms with E-state index in [1.165, 1.54) is 19.4 Å². The Balaban J connectivity index is 1.57. The molecule has 0 aromatic carbocycles. The summed E-state index contributed by atoms with van der Waals surface area (Å²) in [5.41, 5.74) is 0. The number of hydrogen-bond donors (Lipinski definition) is 1. The number of likely N-dealkylation sites (N-methyl/N-ethyl adjacent to an activating group) is 1. The highest BCUT2D eigenvalue weighted by atomic mass is 16.5. The molecule has 1 aromatic heterocycles. The van der Waals surface area contributed by atoms with Gasteiger partial charge < -0.3 is 24.3 Å². The van der Waals surface area contributed by atoms with Crippen LogP contribution in [0.3, 0.4) is 0 Å². The van der Waals surface area contributed by atoms with Gasteiger partial charge in [0.15, 0.2) is 11.8 Å². The second-order valence-electron chi connectivity index (χ2n) is 8.57. The van der Waals surface area contributed by atoms with Gasteiger partial charge in [-0.25, -0.2) is 4.99 Å². The van der Waals surface area contributed by atoms with Crippen LogP contribution in [-0.2, 0) is 23.1 Å². The fourth-order valence-electron chi connectivity index (χ4n) is 4.44. The van der Waals surface area contributed by atoms with Gasteiger partial charge in [-0.15, -0.1) is 10.2 Å². The topological polar surface area (TPSA) is 80.0 Å². The first-order chi connectivity index (χ1) is 15.1. The van der Waals surface area contributed by atoms with Gasteiger partial charge in [0.2, 0.25) is 0 Å². The first kappa shape index (κ1) is 23.9. The number of likely N-dealkylation sites (tertiary alicyclic amines) is 2. The maximum atomic E-state index is 6.04. The highest BCUT2D eigenvalue weighted by Gasteiger charge is 2.26. The Hall–Kier alpha value is -1.71. The van der Waals surface area contributed by atoms with Crippen LogP contribution in [0.15, 0.2) is 4.99 Å². The predicted octanol–water partition coefficient (Wildman–Crippen LogP) is 1.57. The van der Waals surface area contributed by atoms with Gasteiger partial charge in [-0.05, 0) is 52.1 Å². The number of aliphatic imine (C=N–C) groups is 1. The molecule has 2 aliphatic rings. The fourth-order valence-corrected chi connectivity index (χ4v) is 4.44. The van der Waals surface area contributed by atoms with Crippen molar-refractivity contribution in [1.29, 1.82) is 0 Å². The summed E-state index contributed by atoms with van der Waals surface area (Å²) in [5.74, 6) is 2.79. The number of ether oxygens (including phenoxy) is 2. The van der Waals surface area contributed by atoms with Crippen molar-refractivity contribution >= 4 is 5.96 Å². The Bertz CT molecular complexity index is 685. The second kappa shape index (κ2) is 12.4. The summed E-state index contributed by atoms with van der Waals surface area (Å²) in [6, 6.07) is 0.592. The minimum absolute atomic E-state index is 0.334. The highest BCUT2D eigenvalue weighted by molar-refractivity contribution is 5.80. The molecule has 1 N–H and O–H groups in total. The molecule has 2 fully saturated rings. The lowest BCUT2D eigenvalue weighted by Crippen LogP contribution is -2.50. The fraction of sp³-hybridized carbons (Fsp3) is 0.864. The summed E-state index contributed by atoms with van der Waals surface area (Å²) in [4.78, 5) is 9.89. The van der Waals surface area contributed by atoms with E-state index in [0.717, 1.165) is 76.3 Å². The standard InChI is InChI=1S/C22H41N7O2/c1-5-28-11-6-8-19(28)16-23-22(24-17-21-26-25-18(2)27(21)3)29-12-9-20(10-13-29)31-15-7-14-30-4/h19-20H,5-17H2,1-4H3,(H,23,24). The lowest BCUT2D eigenvalue weighted by molar-refractivity contribution is 0.00984. The minimum Gasteiger partial charge on any atom is -0.385 e. The predicted molar refractivity (Wildman–Crippen MR) is 122 cm³/mol. The molecule has 0 bridgehead atoms. The first-order valence-corrected chi connectivity index (χ1v) is 11.8. The van der Waals surface area contributed by atoms with Crippen molar-refractivity contribution in [2.24, 2.45) is 12.0 Å². The van der Waals surface area contributed by atoms with Gasteiger partial charge in [0, 0.05) is 53.0 Å². The van der Waals surface area contributed by atoms with E-state index < -0.39 is 0 Å². The lowest BCUT2D eigenvalue weighted by Gasteiger charge is -2.35. The Morgan fingerprint density at radius 2 is 1.97 bits per heavy atom. The SMILES string of the molecule is CCN1CCCC1CNC(=NCc1nnc(C)n1C)N1CCC(OCCCOC)CC1. The number of aromatic nitrogens is 3. The van der Waals surface area contributed by atoms with Crippen LogP contribution in [0, 0.1) is 6.92 Å². The van der Waals surface area contributed by atoms with Gasteiger partial charge in [0.25, 0.3) is 0 Å².